The number of hydrogen-bond donors (Lipinski definition) is 0. The second-order valence-electron chi connectivity index (χ2n) is 10.4. The van der Waals surface area contributed by atoms with Gasteiger partial charge in [-0.25, -0.2) is 0 Å². The fourth-order valence-electron chi connectivity index (χ4n) is 4.16. The lowest BCUT2D eigenvalue weighted by Gasteiger charge is -2.20. The Bertz CT molecular complexity index is 532. The largest absolute Gasteiger partial charge is 0.462 e. The molecule has 0 fully saturated rings. The molecule has 0 heterocycles. The molecule has 0 amide bonds. The van der Waals surface area contributed by atoms with Gasteiger partial charge in [0.2, 0.25) is 0 Å². The zero-order chi connectivity index (χ0) is 25.6. The average molecular weight is 482 g/mol. The molecule has 3 unspecified atom stereocenters. The summed E-state index contributed by atoms with van der Waals surface area (Å²) in [5, 5.41) is 0. The van der Waals surface area contributed by atoms with E-state index in [-0.39, 0.29) is 24.6 Å². The second-order valence-corrected chi connectivity index (χ2v) is 10.4. The van der Waals surface area contributed by atoms with Crippen molar-refractivity contribution in [3.8, 4) is 0 Å². The Labute approximate surface area is 211 Å². The summed E-state index contributed by atoms with van der Waals surface area (Å²) in [4.78, 5) is 25.3. The van der Waals surface area contributed by atoms with Crippen LogP contribution < -0.4 is 0 Å². The van der Waals surface area contributed by atoms with Crippen molar-refractivity contribution in [3.05, 3.63) is 12.2 Å². The first-order chi connectivity index (χ1) is 16.2. The van der Waals surface area contributed by atoms with E-state index in [9.17, 15) is 9.59 Å². The molecule has 0 aliphatic carbocycles. The molecule has 0 aromatic carbocycles. The first-order valence-corrected chi connectivity index (χ1v) is 13.9. The van der Waals surface area contributed by atoms with E-state index in [1.54, 1.807) is 0 Å². The minimum Gasteiger partial charge on any atom is -0.462 e. The molecule has 0 aromatic rings. The molecule has 0 N–H and O–H groups in total. The first-order valence-electron chi connectivity index (χ1n) is 13.9. The van der Waals surface area contributed by atoms with Gasteiger partial charge in [-0.1, -0.05) is 90.7 Å². The van der Waals surface area contributed by atoms with Gasteiger partial charge < -0.3 is 14.4 Å². The van der Waals surface area contributed by atoms with Gasteiger partial charge in [-0.05, 0) is 51.7 Å². The molecule has 0 aliphatic rings. The van der Waals surface area contributed by atoms with Gasteiger partial charge in [-0.15, -0.1) is 0 Å². The maximum atomic E-state index is 12.3. The molecule has 5 nitrogen and oxygen atoms in total. The summed E-state index contributed by atoms with van der Waals surface area (Å²) in [6.45, 7) is 9.55. The Morgan fingerprint density at radius 3 is 2.12 bits per heavy atom. The van der Waals surface area contributed by atoms with Gasteiger partial charge in [0, 0.05) is 19.8 Å². The third-order valence-corrected chi connectivity index (χ3v) is 6.41. The van der Waals surface area contributed by atoms with Crippen LogP contribution in [0.25, 0.3) is 0 Å². The smallest absolute Gasteiger partial charge is 0.306 e. The lowest BCUT2D eigenvalue weighted by atomic mass is 9.92. The number of unbranched alkanes of at least 4 members (excludes halogenated alkanes) is 4. The highest BCUT2D eigenvalue weighted by molar-refractivity contribution is 5.69. The normalized spacial score (nSPS) is 14.3. The predicted molar refractivity (Wildman–Crippen MR) is 143 cm³/mol. The predicted octanol–water partition coefficient (Wildman–Crippen LogP) is 7.33. The van der Waals surface area contributed by atoms with E-state index in [1.807, 2.05) is 26.2 Å². The fourth-order valence-corrected chi connectivity index (χ4v) is 4.16. The number of rotatable bonds is 22. The standard InChI is InChI=1S/C29H55NO4/c1-7-8-9-10-11-16-25(2)17-14-18-26(3)21-22-28(19-12-13-24-33-27(4)31)34-29(32)20-15-23-30(5)6/h12-13,25-26,28H,7-11,14-24H2,1-6H3/b13-12+. The van der Waals surface area contributed by atoms with Gasteiger partial charge in [0.15, 0.2) is 0 Å². The number of carbonyl (C=O) groups excluding carboxylic acids is 2. The number of hydrogen-bond acceptors (Lipinski definition) is 5. The van der Waals surface area contributed by atoms with Crippen LogP contribution in [0.2, 0.25) is 0 Å². The summed E-state index contributed by atoms with van der Waals surface area (Å²) in [6.07, 6.45) is 19.6. The van der Waals surface area contributed by atoms with E-state index in [4.69, 9.17) is 9.47 Å². The molecule has 200 valence electrons. The van der Waals surface area contributed by atoms with Crippen LogP contribution in [0.3, 0.4) is 0 Å². The van der Waals surface area contributed by atoms with Crippen molar-refractivity contribution in [1.82, 2.24) is 4.90 Å². The number of esters is 2. The van der Waals surface area contributed by atoms with E-state index in [0.717, 1.165) is 31.7 Å². The van der Waals surface area contributed by atoms with Gasteiger partial charge in [0.05, 0.1) is 0 Å². The molecule has 0 rings (SSSR count). The molecule has 0 radical (unpaired) electrons. The third kappa shape index (κ3) is 22.4. The molecule has 0 aliphatic heterocycles. The highest BCUT2D eigenvalue weighted by Crippen LogP contribution is 2.22. The minimum absolute atomic E-state index is 0.107. The maximum Gasteiger partial charge on any atom is 0.306 e. The monoisotopic (exact) mass is 481 g/mol. The van der Waals surface area contributed by atoms with Crippen molar-refractivity contribution in [1.29, 1.82) is 0 Å². The number of ether oxygens (including phenoxy) is 2. The summed E-state index contributed by atoms with van der Waals surface area (Å²) in [5.41, 5.74) is 0. The molecule has 0 aromatic heterocycles. The van der Waals surface area contributed by atoms with Crippen LogP contribution >= 0.6 is 0 Å². The maximum absolute atomic E-state index is 12.3. The van der Waals surface area contributed by atoms with Crippen molar-refractivity contribution in [2.24, 2.45) is 11.8 Å². The van der Waals surface area contributed by atoms with E-state index in [0.29, 0.717) is 18.8 Å². The van der Waals surface area contributed by atoms with Crippen LogP contribution in [0.5, 0.6) is 0 Å². The van der Waals surface area contributed by atoms with Crippen molar-refractivity contribution in [3.63, 3.8) is 0 Å². The Kier molecular flexibility index (Phi) is 21.2. The van der Waals surface area contributed by atoms with Gasteiger partial charge in [-0.3, -0.25) is 9.59 Å². The van der Waals surface area contributed by atoms with E-state index >= 15 is 0 Å². The van der Waals surface area contributed by atoms with Crippen LogP contribution in [0.1, 0.15) is 118 Å². The summed E-state index contributed by atoms with van der Waals surface area (Å²) in [6, 6.07) is 0. The number of carbonyl (C=O) groups is 2. The van der Waals surface area contributed by atoms with Gasteiger partial charge in [0.1, 0.15) is 12.7 Å². The zero-order valence-electron chi connectivity index (χ0n) is 23.3. The zero-order valence-corrected chi connectivity index (χ0v) is 23.3. The molecule has 34 heavy (non-hydrogen) atoms. The summed E-state index contributed by atoms with van der Waals surface area (Å²) in [5.74, 6) is 1.07. The Morgan fingerprint density at radius 2 is 1.47 bits per heavy atom. The molecule has 0 saturated carbocycles. The Hall–Kier alpha value is -1.36. The van der Waals surface area contributed by atoms with Crippen LogP contribution in [0.15, 0.2) is 12.2 Å². The van der Waals surface area contributed by atoms with Crippen molar-refractivity contribution >= 4 is 11.9 Å². The summed E-state index contributed by atoms with van der Waals surface area (Å²) >= 11 is 0. The molecular formula is C29H55NO4. The lowest BCUT2D eigenvalue weighted by Crippen LogP contribution is -2.20. The topological polar surface area (TPSA) is 55.8 Å². The fraction of sp³-hybridized carbons (Fsp3) is 0.862. The highest BCUT2D eigenvalue weighted by atomic mass is 16.5. The van der Waals surface area contributed by atoms with Crippen molar-refractivity contribution in [2.75, 3.05) is 27.2 Å². The molecule has 3 atom stereocenters. The SMILES string of the molecule is CCCCCCCC(C)CCCC(C)CCC(C/C=C/COC(C)=O)OC(=O)CCCN(C)C. The van der Waals surface area contributed by atoms with Gasteiger partial charge in [0.25, 0.3) is 0 Å². The van der Waals surface area contributed by atoms with Crippen LogP contribution in [-0.2, 0) is 19.1 Å². The molecule has 5 heteroatoms. The molecule has 0 saturated heterocycles. The minimum atomic E-state index is -0.284. The lowest BCUT2D eigenvalue weighted by molar-refractivity contribution is -0.149. The summed E-state index contributed by atoms with van der Waals surface area (Å²) in [7, 11) is 4.02. The third-order valence-electron chi connectivity index (χ3n) is 6.41. The van der Waals surface area contributed by atoms with E-state index < -0.39 is 0 Å². The van der Waals surface area contributed by atoms with Crippen LogP contribution in [0, 0.1) is 11.8 Å². The van der Waals surface area contributed by atoms with Crippen LogP contribution in [0.4, 0.5) is 0 Å². The average Bonchev–Trinajstić information content (AvgIpc) is 2.76. The van der Waals surface area contributed by atoms with Crippen molar-refractivity contribution < 1.29 is 19.1 Å². The summed E-state index contributed by atoms with van der Waals surface area (Å²) < 4.78 is 10.8. The van der Waals surface area contributed by atoms with E-state index in [1.165, 1.54) is 64.7 Å². The number of nitrogens with zero attached hydrogens (tertiary/aromatic N) is 1. The Morgan fingerprint density at radius 1 is 0.824 bits per heavy atom. The quantitative estimate of drug-likeness (QED) is 0.0920. The molecule has 0 bridgehead atoms. The van der Waals surface area contributed by atoms with Crippen molar-refractivity contribution in [2.45, 2.75) is 124 Å². The second kappa shape index (κ2) is 22.1. The van der Waals surface area contributed by atoms with Gasteiger partial charge >= 0.3 is 11.9 Å². The molecular weight excluding hydrogens is 426 g/mol. The van der Waals surface area contributed by atoms with Gasteiger partial charge in [-0.2, -0.15) is 0 Å². The highest BCUT2D eigenvalue weighted by Gasteiger charge is 2.15. The van der Waals surface area contributed by atoms with Crippen LogP contribution in [-0.4, -0.2) is 50.2 Å². The Balaban J connectivity index is 4.31. The van der Waals surface area contributed by atoms with E-state index in [2.05, 4.69) is 25.7 Å². The molecule has 0 spiro atoms. The first kappa shape index (κ1) is 32.6.